The number of rotatable bonds is 5. The SMILES string of the molecule is CNC(=S)N[NH+]=Cc1ccc(OC(=O)c2ccccc2)c(OC)c1. The maximum Gasteiger partial charge on any atom is 0.343 e. The van der Waals surface area contributed by atoms with Gasteiger partial charge in [0.25, 0.3) is 0 Å². The van der Waals surface area contributed by atoms with Crippen LogP contribution >= 0.6 is 12.2 Å². The van der Waals surface area contributed by atoms with Crippen LogP contribution in [0.5, 0.6) is 11.5 Å². The summed E-state index contributed by atoms with van der Waals surface area (Å²) in [6.07, 6.45) is 1.70. The molecule has 0 fully saturated rings. The van der Waals surface area contributed by atoms with Gasteiger partial charge < -0.3 is 14.8 Å². The van der Waals surface area contributed by atoms with E-state index in [0.717, 1.165) is 5.56 Å². The highest BCUT2D eigenvalue weighted by Crippen LogP contribution is 2.28. The van der Waals surface area contributed by atoms with E-state index >= 15 is 0 Å². The molecule has 0 aliphatic rings. The largest absolute Gasteiger partial charge is 0.493 e. The van der Waals surface area contributed by atoms with Gasteiger partial charge in [-0.2, -0.15) is 0 Å². The van der Waals surface area contributed by atoms with E-state index in [4.69, 9.17) is 21.7 Å². The molecule has 0 amide bonds. The fraction of sp³-hybridized carbons (Fsp3) is 0.118. The van der Waals surface area contributed by atoms with Gasteiger partial charge in [-0.3, -0.25) is 0 Å². The van der Waals surface area contributed by atoms with Crippen LogP contribution in [0.3, 0.4) is 0 Å². The molecule has 0 heterocycles. The predicted octanol–water partition coefficient (Wildman–Crippen LogP) is 0.423. The quantitative estimate of drug-likeness (QED) is 0.240. The first-order valence-electron chi connectivity index (χ1n) is 7.15. The van der Waals surface area contributed by atoms with E-state index in [0.29, 0.717) is 22.2 Å². The average molecular weight is 344 g/mol. The van der Waals surface area contributed by atoms with Crippen molar-refractivity contribution in [3.63, 3.8) is 0 Å². The highest BCUT2D eigenvalue weighted by atomic mass is 32.1. The molecule has 7 heteroatoms. The van der Waals surface area contributed by atoms with Crippen LogP contribution in [0.25, 0.3) is 0 Å². The fourth-order valence-corrected chi connectivity index (χ4v) is 1.90. The molecule has 0 bridgehead atoms. The summed E-state index contributed by atoms with van der Waals surface area (Å²) in [6.45, 7) is 0. The van der Waals surface area contributed by atoms with Crippen molar-refractivity contribution in [1.29, 1.82) is 0 Å². The minimum atomic E-state index is -0.440. The van der Waals surface area contributed by atoms with Gasteiger partial charge in [0.15, 0.2) is 17.7 Å². The Morgan fingerprint density at radius 3 is 2.58 bits per heavy atom. The van der Waals surface area contributed by atoms with Crippen molar-refractivity contribution in [2.75, 3.05) is 14.2 Å². The summed E-state index contributed by atoms with van der Waals surface area (Å²) in [7, 11) is 3.23. The molecule has 3 N–H and O–H groups in total. The van der Waals surface area contributed by atoms with Crippen molar-refractivity contribution in [3.8, 4) is 11.5 Å². The second-order valence-electron chi connectivity index (χ2n) is 4.66. The predicted molar refractivity (Wildman–Crippen MR) is 95.3 cm³/mol. The van der Waals surface area contributed by atoms with Crippen LogP contribution in [0, 0.1) is 0 Å². The van der Waals surface area contributed by atoms with E-state index < -0.39 is 5.97 Å². The first-order chi connectivity index (χ1) is 11.6. The van der Waals surface area contributed by atoms with Crippen molar-refractivity contribution < 1.29 is 19.4 Å². The van der Waals surface area contributed by atoms with Gasteiger partial charge >= 0.3 is 5.97 Å². The molecule has 0 aromatic heterocycles. The molecule has 0 unspecified atom stereocenters. The van der Waals surface area contributed by atoms with E-state index in [1.54, 1.807) is 55.7 Å². The standard InChI is InChI=1S/C17H17N3O3S/c1-18-17(24)20-19-11-12-8-9-14(15(10-12)22-2)23-16(21)13-6-4-3-5-7-13/h3-11H,1-2H3,(H2,18,20,24)/p+1. The van der Waals surface area contributed by atoms with Gasteiger partial charge in [-0.05, 0) is 42.5 Å². The Morgan fingerprint density at radius 2 is 1.92 bits per heavy atom. The van der Waals surface area contributed by atoms with Gasteiger partial charge in [0, 0.05) is 12.6 Å². The molecule has 2 rings (SSSR count). The number of hydrazone groups is 1. The Hall–Kier alpha value is -2.93. The van der Waals surface area contributed by atoms with Gasteiger partial charge in [-0.15, -0.1) is 10.5 Å². The molecule has 0 atom stereocenters. The zero-order valence-electron chi connectivity index (χ0n) is 13.3. The number of ether oxygens (including phenoxy) is 2. The van der Waals surface area contributed by atoms with Gasteiger partial charge in [-0.1, -0.05) is 18.2 Å². The third kappa shape index (κ3) is 4.79. The Labute approximate surface area is 145 Å². The molecule has 0 aliphatic heterocycles. The number of thiocarbonyl (C=S) groups is 1. The summed E-state index contributed by atoms with van der Waals surface area (Å²) in [5.41, 5.74) is 4.07. The minimum absolute atomic E-state index is 0.349. The number of hydrazine groups is 1. The number of hydrogen-bond acceptors (Lipinski definition) is 4. The molecule has 124 valence electrons. The normalized spacial score (nSPS) is 10.2. The zero-order chi connectivity index (χ0) is 17.4. The van der Waals surface area contributed by atoms with Crippen LogP contribution < -0.4 is 25.3 Å². The molecule has 0 saturated carbocycles. The molecule has 2 aromatic rings. The molecule has 24 heavy (non-hydrogen) atoms. The topological polar surface area (TPSA) is 73.6 Å². The summed E-state index contributed by atoms with van der Waals surface area (Å²) in [4.78, 5) is 12.1. The number of methoxy groups -OCH3 is 1. The lowest BCUT2D eigenvalue weighted by Gasteiger charge is -2.09. The molecule has 6 nitrogen and oxygen atoms in total. The monoisotopic (exact) mass is 344 g/mol. The fourth-order valence-electron chi connectivity index (χ4n) is 1.84. The summed E-state index contributed by atoms with van der Waals surface area (Å²) in [5, 5.41) is 6.09. The maximum absolute atomic E-state index is 12.1. The first kappa shape index (κ1) is 17.4. The van der Waals surface area contributed by atoms with Crippen molar-refractivity contribution >= 4 is 29.5 Å². The number of carbonyl (C=O) groups is 1. The van der Waals surface area contributed by atoms with E-state index in [1.165, 1.54) is 7.11 Å². The molecule has 0 aliphatic carbocycles. The van der Waals surface area contributed by atoms with Crippen molar-refractivity contribution in [2.24, 2.45) is 0 Å². The third-order valence-electron chi connectivity index (χ3n) is 3.05. The number of carbonyl (C=O) groups excluding carboxylic acids is 1. The van der Waals surface area contributed by atoms with E-state index in [1.807, 2.05) is 6.07 Å². The summed E-state index contributed by atoms with van der Waals surface area (Å²) in [6, 6.07) is 14.0. The summed E-state index contributed by atoms with van der Waals surface area (Å²) in [5.74, 6) is 0.359. The van der Waals surface area contributed by atoms with Gasteiger partial charge in [0.2, 0.25) is 5.11 Å². The maximum atomic E-state index is 12.1. The molecular weight excluding hydrogens is 326 g/mol. The highest BCUT2D eigenvalue weighted by molar-refractivity contribution is 7.80. The van der Waals surface area contributed by atoms with Crippen LogP contribution in [-0.2, 0) is 0 Å². The Morgan fingerprint density at radius 1 is 1.17 bits per heavy atom. The number of hydrogen-bond donors (Lipinski definition) is 3. The zero-order valence-corrected chi connectivity index (χ0v) is 14.1. The van der Waals surface area contributed by atoms with Crippen LogP contribution in [0.1, 0.15) is 15.9 Å². The van der Waals surface area contributed by atoms with Crippen molar-refractivity contribution in [1.82, 2.24) is 10.7 Å². The Balaban J connectivity index is 2.11. The van der Waals surface area contributed by atoms with Gasteiger partial charge in [0.05, 0.1) is 12.7 Å². The van der Waals surface area contributed by atoms with Gasteiger partial charge in [-0.25, -0.2) is 4.79 Å². The molecular formula is C17H18N3O3S+. The molecule has 2 aromatic carbocycles. The summed E-state index contributed by atoms with van der Waals surface area (Å²) < 4.78 is 10.7. The van der Waals surface area contributed by atoms with Crippen molar-refractivity contribution in [3.05, 3.63) is 59.7 Å². The van der Waals surface area contributed by atoms with E-state index in [9.17, 15) is 4.79 Å². The van der Waals surface area contributed by atoms with Gasteiger partial charge in [0.1, 0.15) is 0 Å². The van der Waals surface area contributed by atoms with Crippen molar-refractivity contribution in [2.45, 2.75) is 0 Å². The van der Waals surface area contributed by atoms with Crippen LogP contribution in [0.4, 0.5) is 0 Å². The first-order valence-corrected chi connectivity index (χ1v) is 7.56. The van der Waals surface area contributed by atoms with E-state index in [-0.39, 0.29) is 0 Å². The second-order valence-corrected chi connectivity index (χ2v) is 5.07. The Bertz CT molecular complexity index is 748. The highest BCUT2D eigenvalue weighted by Gasteiger charge is 2.12. The second kappa shape index (κ2) is 8.64. The lowest BCUT2D eigenvalue weighted by Crippen LogP contribution is -2.82. The molecule has 0 radical (unpaired) electrons. The Kier molecular flexibility index (Phi) is 6.27. The third-order valence-corrected chi connectivity index (χ3v) is 3.36. The minimum Gasteiger partial charge on any atom is -0.493 e. The smallest absolute Gasteiger partial charge is 0.343 e. The van der Waals surface area contributed by atoms with Crippen LogP contribution in [0.2, 0.25) is 0 Å². The number of nitrogens with one attached hydrogen (secondary N) is 3. The average Bonchev–Trinajstić information content (AvgIpc) is 2.63. The number of esters is 1. The molecule has 0 spiro atoms. The van der Waals surface area contributed by atoms with Crippen LogP contribution in [-0.4, -0.2) is 31.5 Å². The number of benzene rings is 2. The lowest BCUT2D eigenvalue weighted by atomic mass is 10.2. The lowest BCUT2D eigenvalue weighted by molar-refractivity contribution is -0.500. The summed E-state index contributed by atoms with van der Waals surface area (Å²) >= 11 is 4.95. The molecule has 0 saturated heterocycles. The van der Waals surface area contributed by atoms with Crippen LogP contribution in [0.15, 0.2) is 48.5 Å². The van der Waals surface area contributed by atoms with E-state index in [2.05, 4.69) is 15.8 Å².